The van der Waals surface area contributed by atoms with Crippen molar-refractivity contribution in [2.24, 2.45) is 5.92 Å². The highest BCUT2D eigenvalue weighted by Crippen LogP contribution is 2.27. The second kappa shape index (κ2) is 5.92. The molecule has 0 amide bonds. The Hall–Kier alpha value is -1.22. The molecule has 0 unspecified atom stereocenters. The van der Waals surface area contributed by atoms with Gasteiger partial charge in [-0.2, -0.15) is 0 Å². The molecule has 1 aromatic rings. The van der Waals surface area contributed by atoms with Crippen molar-refractivity contribution in [1.82, 2.24) is 5.32 Å². The largest absolute Gasteiger partial charge is 0.495 e. The molecule has 3 heteroatoms. The van der Waals surface area contributed by atoms with E-state index in [1.54, 1.807) is 7.11 Å². The van der Waals surface area contributed by atoms with Gasteiger partial charge >= 0.3 is 0 Å². The van der Waals surface area contributed by atoms with Gasteiger partial charge in [0, 0.05) is 0 Å². The van der Waals surface area contributed by atoms with E-state index in [0.29, 0.717) is 0 Å². The zero-order valence-corrected chi connectivity index (χ0v) is 10.5. The lowest BCUT2D eigenvalue weighted by molar-refractivity contribution is 0.354. The van der Waals surface area contributed by atoms with Gasteiger partial charge in [-0.1, -0.05) is 12.1 Å². The summed E-state index contributed by atoms with van der Waals surface area (Å²) in [5.41, 5.74) is 8.11. The van der Waals surface area contributed by atoms with Gasteiger partial charge in [-0.05, 0) is 56.3 Å². The zero-order valence-electron chi connectivity index (χ0n) is 10.5. The second-order valence-corrected chi connectivity index (χ2v) is 4.77. The van der Waals surface area contributed by atoms with Gasteiger partial charge in [0.15, 0.2) is 0 Å². The molecule has 1 saturated heterocycles. The van der Waals surface area contributed by atoms with Crippen LogP contribution in [-0.4, -0.2) is 20.2 Å². The van der Waals surface area contributed by atoms with E-state index in [4.69, 9.17) is 10.5 Å². The molecule has 3 N–H and O–H groups in total. The average molecular weight is 234 g/mol. The number of rotatable bonds is 4. The van der Waals surface area contributed by atoms with E-state index in [1.807, 2.05) is 12.1 Å². The molecule has 94 valence electrons. The first-order valence-corrected chi connectivity index (χ1v) is 6.43. The lowest BCUT2D eigenvalue weighted by Crippen LogP contribution is -2.27. The number of nitrogens with two attached hydrogens (primary N) is 1. The standard InChI is InChI=1S/C14H22N2O/c1-17-13-4-2-3-12(14(13)15)6-5-11-7-9-16-10-8-11/h2-4,11,16H,5-10,15H2,1H3. The summed E-state index contributed by atoms with van der Waals surface area (Å²) in [5.74, 6) is 1.65. The number of hydrogen-bond acceptors (Lipinski definition) is 3. The minimum absolute atomic E-state index is 0.799. The Bertz CT molecular complexity index is 359. The fourth-order valence-electron chi connectivity index (χ4n) is 2.52. The van der Waals surface area contributed by atoms with Crippen LogP contribution in [0.25, 0.3) is 0 Å². The molecule has 0 aromatic heterocycles. The van der Waals surface area contributed by atoms with Crippen molar-refractivity contribution >= 4 is 5.69 Å². The summed E-state index contributed by atoms with van der Waals surface area (Å²) in [4.78, 5) is 0. The summed E-state index contributed by atoms with van der Waals surface area (Å²) in [6, 6.07) is 6.05. The molecule has 0 atom stereocenters. The topological polar surface area (TPSA) is 47.3 Å². The maximum Gasteiger partial charge on any atom is 0.142 e. The third-order valence-corrected chi connectivity index (χ3v) is 3.66. The highest BCUT2D eigenvalue weighted by molar-refractivity contribution is 5.58. The predicted octanol–water partition coefficient (Wildman–Crippen LogP) is 2.21. The highest BCUT2D eigenvalue weighted by atomic mass is 16.5. The van der Waals surface area contributed by atoms with Crippen LogP contribution in [0.3, 0.4) is 0 Å². The van der Waals surface area contributed by atoms with E-state index < -0.39 is 0 Å². The maximum atomic E-state index is 6.07. The van der Waals surface area contributed by atoms with Gasteiger partial charge in [0.25, 0.3) is 0 Å². The number of anilines is 1. The fraction of sp³-hybridized carbons (Fsp3) is 0.571. The Morgan fingerprint density at radius 3 is 2.82 bits per heavy atom. The lowest BCUT2D eigenvalue weighted by Gasteiger charge is -2.22. The molecule has 0 saturated carbocycles. The number of hydrogen-bond donors (Lipinski definition) is 2. The van der Waals surface area contributed by atoms with Crippen LogP contribution < -0.4 is 15.8 Å². The first-order valence-electron chi connectivity index (χ1n) is 6.43. The molecule has 0 spiro atoms. The van der Waals surface area contributed by atoms with Crippen molar-refractivity contribution in [1.29, 1.82) is 0 Å². The fourth-order valence-corrected chi connectivity index (χ4v) is 2.52. The number of piperidine rings is 1. The molecule has 0 aliphatic carbocycles. The Morgan fingerprint density at radius 1 is 1.35 bits per heavy atom. The van der Waals surface area contributed by atoms with E-state index >= 15 is 0 Å². The number of nitrogen functional groups attached to an aromatic ring is 1. The van der Waals surface area contributed by atoms with Crippen LogP contribution in [0.2, 0.25) is 0 Å². The number of ether oxygens (including phenoxy) is 1. The van der Waals surface area contributed by atoms with Crippen LogP contribution >= 0.6 is 0 Å². The van der Waals surface area contributed by atoms with Crippen molar-refractivity contribution in [3.63, 3.8) is 0 Å². The van der Waals surface area contributed by atoms with Crippen molar-refractivity contribution in [3.8, 4) is 5.75 Å². The van der Waals surface area contributed by atoms with Gasteiger partial charge in [-0.15, -0.1) is 0 Å². The van der Waals surface area contributed by atoms with E-state index in [-0.39, 0.29) is 0 Å². The molecule has 2 rings (SSSR count). The summed E-state index contributed by atoms with van der Waals surface area (Å²) in [6.45, 7) is 2.33. The average Bonchev–Trinajstić information content (AvgIpc) is 2.39. The summed E-state index contributed by atoms with van der Waals surface area (Å²) in [6.07, 6.45) is 4.89. The smallest absolute Gasteiger partial charge is 0.142 e. The molecule has 0 radical (unpaired) electrons. The molecular weight excluding hydrogens is 212 g/mol. The SMILES string of the molecule is COc1cccc(CCC2CCNCC2)c1N. The first-order chi connectivity index (χ1) is 8.31. The highest BCUT2D eigenvalue weighted by Gasteiger charge is 2.14. The van der Waals surface area contributed by atoms with Crippen LogP contribution in [0.1, 0.15) is 24.8 Å². The molecule has 0 bridgehead atoms. The Labute approximate surface area is 103 Å². The van der Waals surface area contributed by atoms with Gasteiger partial charge in [0.2, 0.25) is 0 Å². The molecule has 17 heavy (non-hydrogen) atoms. The Kier molecular flexibility index (Phi) is 4.26. The summed E-state index contributed by atoms with van der Waals surface area (Å²) < 4.78 is 5.24. The van der Waals surface area contributed by atoms with Gasteiger partial charge in [-0.3, -0.25) is 0 Å². The number of aryl methyl sites for hydroxylation is 1. The van der Waals surface area contributed by atoms with Crippen LogP contribution in [-0.2, 0) is 6.42 Å². The van der Waals surface area contributed by atoms with Crippen LogP contribution in [0.5, 0.6) is 5.75 Å². The molecule has 1 aromatic carbocycles. The summed E-state index contributed by atoms with van der Waals surface area (Å²) >= 11 is 0. The number of methoxy groups -OCH3 is 1. The summed E-state index contributed by atoms with van der Waals surface area (Å²) in [5, 5.41) is 3.40. The normalized spacial score (nSPS) is 17.0. The van der Waals surface area contributed by atoms with Crippen molar-refractivity contribution in [3.05, 3.63) is 23.8 Å². The molecular formula is C14H22N2O. The summed E-state index contributed by atoms with van der Waals surface area (Å²) in [7, 11) is 1.67. The number of benzene rings is 1. The van der Waals surface area contributed by atoms with Crippen LogP contribution in [0, 0.1) is 5.92 Å². The number of para-hydroxylation sites is 1. The quantitative estimate of drug-likeness (QED) is 0.785. The Balaban J connectivity index is 1.93. The minimum atomic E-state index is 0.799. The monoisotopic (exact) mass is 234 g/mol. The van der Waals surface area contributed by atoms with E-state index in [2.05, 4.69) is 11.4 Å². The van der Waals surface area contributed by atoms with Gasteiger partial charge in [0.05, 0.1) is 12.8 Å². The molecule has 1 aliphatic rings. The Morgan fingerprint density at radius 2 is 2.12 bits per heavy atom. The maximum absolute atomic E-state index is 6.07. The zero-order chi connectivity index (χ0) is 12.1. The van der Waals surface area contributed by atoms with Crippen LogP contribution in [0.4, 0.5) is 5.69 Å². The second-order valence-electron chi connectivity index (χ2n) is 4.77. The van der Waals surface area contributed by atoms with Crippen molar-refractivity contribution in [2.45, 2.75) is 25.7 Å². The van der Waals surface area contributed by atoms with Crippen molar-refractivity contribution < 1.29 is 4.74 Å². The van der Waals surface area contributed by atoms with Gasteiger partial charge < -0.3 is 15.8 Å². The third kappa shape index (κ3) is 3.13. The molecule has 1 fully saturated rings. The number of nitrogens with one attached hydrogen (secondary N) is 1. The third-order valence-electron chi connectivity index (χ3n) is 3.66. The minimum Gasteiger partial charge on any atom is -0.495 e. The van der Waals surface area contributed by atoms with E-state index in [0.717, 1.165) is 36.9 Å². The first kappa shape index (κ1) is 12.2. The molecule has 3 nitrogen and oxygen atoms in total. The van der Waals surface area contributed by atoms with E-state index in [1.165, 1.54) is 24.8 Å². The van der Waals surface area contributed by atoms with Crippen molar-refractivity contribution in [2.75, 3.05) is 25.9 Å². The van der Waals surface area contributed by atoms with Crippen LogP contribution in [0.15, 0.2) is 18.2 Å². The predicted molar refractivity (Wildman–Crippen MR) is 71.3 cm³/mol. The lowest BCUT2D eigenvalue weighted by atomic mass is 9.91. The van der Waals surface area contributed by atoms with Gasteiger partial charge in [-0.25, -0.2) is 0 Å². The van der Waals surface area contributed by atoms with Gasteiger partial charge in [0.1, 0.15) is 5.75 Å². The molecule has 1 heterocycles. The molecule has 1 aliphatic heterocycles. The van der Waals surface area contributed by atoms with E-state index in [9.17, 15) is 0 Å².